The topological polar surface area (TPSA) is 67.4 Å². The van der Waals surface area contributed by atoms with Gasteiger partial charge in [-0.25, -0.2) is 0 Å². The Morgan fingerprint density at radius 3 is 2.90 bits per heavy atom. The summed E-state index contributed by atoms with van der Waals surface area (Å²) in [5, 5.41) is 5.94. The third-order valence-electron chi connectivity index (χ3n) is 3.32. The number of carbonyl (C=O) groups is 2. The minimum absolute atomic E-state index is 0.0925. The SMILES string of the molecule is CSCC[C@@H]1N[C@H](C(=O)NCc2ccccc2)COC1=O. The van der Waals surface area contributed by atoms with Crippen molar-refractivity contribution in [2.45, 2.75) is 25.0 Å². The number of morpholine rings is 1. The molecule has 6 heteroatoms. The monoisotopic (exact) mass is 308 g/mol. The van der Waals surface area contributed by atoms with E-state index in [2.05, 4.69) is 10.6 Å². The molecule has 0 radical (unpaired) electrons. The Bertz CT molecular complexity index is 481. The first-order valence-electron chi connectivity index (χ1n) is 6.94. The highest BCUT2D eigenvalue weighted by Gasteiger charge is 2.32. The molecular formula is C15H20N2O3S. The van der Waals surface area contributed by atoms with Crippen LogP contribution in [0.4, 0.5) is 0 Å². The number of cyclic esters (lactones) is 1. The molecule has 1 aliphatic rings. The largest absolute Gasteiger partial charge is 0.462 e. The molecule has 1 aliphatic heterocycles. The van der Waals surface area contributed by atoms with E-state index in [1.54, 1.807) is 11.8 Å². The van der Waals surface area contributed by atoms with Gasteiger partial charge in [0.25, 0.3) is 0 Å². The van der Waals surface area contributed by atoms with Gasteiger partial charge in [-0.3, -0.25) is 14.9 Å². The first kappa shape index (κ1) is 15.9. The fraction of sp³-hybridized carbons (Fsp3) is 0.467. The van der Waals surface area contributed by atoms with E-state index in [1.807, 2.05) is 36.6 Å². The molecule has 1 aromatic rings. The minimum atomic E-state index is -0.474. The third kappa shape index (κ3) is 4.75. The van der Waals surface area contributed by atoms with E-state index in [4.69, 9.17) is 4.74 Å². The molecule has 1 aromatic carbocycles. The van der Waals surface area contributed by atoms with Crippen molar-refractivity contribution in [3.8, 4) is 0 Å². The molecule has 114 valence electrons. The molecule has 1 heterocycles. The first-order chi connectivity index (χ1) is 10.2. The molecule has 1 fully saturated rings. The molecule has 21 heavy (non-hydrogen) atoms. The van der Waals surface area contributed by atoms with E-state index >= 15 is 0 Å². The molecule has 0 spiro atoms. The Hall–Kier alpha value is -1.53. The van der Waals surface area contributed by atoms with Crippen molar-refractivity contribution in [2.75, 3.05) is 18.6 Å². The summed E-state index contributed by atoms with van der Waals surface area (Å²) in [6.45, 7) is 0.566. The van der Waals surface area contributed by atoms with Gasteiger partial charge in [0.1, 0.15) is 18.7 Å². The van der Waals surface area contributed by atoms with E-state index in [1.165, 1.54) is 0 Å². The standard InChI is InChI=1S/C15H20N2O3S/c1-21-8-7-12-15(19)20-10-13(17-12)14(18)16-9-11-5-3-2-4-6-11/h2-6,12-13,17H,7-10H2,1H3,(H,16,18)/t12-,13-/m0/s1. The maximum absolute atomic E-state index is 12.1. The molecule has 2 N–H and O–H groups in total. The summed E-state index contributed by atoms with van der Waals surface area (Å²) in [6.07, 6.45) is 2.65. The Morgan fingerprint density at radius 1 is 1.43 bits per heavy atom. The zero-order chi connectivity index (χ0) is 15.1. The normalized spacial score (nSPS) is 21.7. The van der Waals surface area contributed by atoms with Crippen LogP contribution in [0.15, 0.2) is 30.3 Å². The summed E-state index contributed by atoms with van der Waals surface area (Å²) in [5.41, 5.74) is 1.04. The second kappa shape index (κ2) is 8.05. The van der Waals surface area contributed by atoms with Crippen molar-refractivity contribution < 1.29 is 14.3 Å². The molecule has 5 nitrogen and oxygen atoms in total. The lowest BCUT2D eigenvalue weighted by Gasteiger charge is -2.29. The van der Waals surface area contributed by atoms with Crippen LogP contribution in [-0.4, -0.2) is 42.6 Å². The zero-order valence-corrected chi connectivity index (χ0v) is 12.8. The Labute approximate surface area is 128 Å². The number of ether oxygens (including phenoxy) is 1. The number of amides is 1. The van der Waals surface area contributed by atoms with Crippen molar-refractivity contribution in [3.05, 3.63) is 35.9 Å². The van der Waals surface area contributed by atoms with E-state index in [-0.39, 0.29) is 18.5 Å². The summed E-state index contributed by atoms with van der Waals surface area (Å²) in [4.78, 5) is 23.7. The van der Waals surface area contributed by atoms with Crippen molar-refractivity contribution in [1.82, 2.24) is 10.6 Å². The third-order valence-corrected chi connectivity index (χ3v) is 3.96. The van der Waals surface area contributed by atoms with Crippen LogP contribution in [-0.2, 0) is 20.9 Å². The summed E-state index contributed by atoms with van der Waals surface area (Å²) in [6, 6.07) is 8.84. The summed E-state index contributed by atoms with van der Waals surface area (Å²) < 4.78 is 5.10. The highest BCUT2D eigenvalue weighted by molar-refractivity contribution is 7.98. The first-order valence-corrected chi connectivity index (χ1v) is 8.33. The summed E-state index contributed by atoms with van der Waals surface area (Å²) in [7, 11) is 0. The number of thioether (sulfide) groups is 1. The molecule has 0 unspecified atom stereocenters. The van der Waals surface area contributed by atoms with Crippen molar-refractivity contribution in [2.24, 2.45) is 0 Å². The predicted octanol–water partition coefficient (Wildman–Crippen LogP) is 0.939. The van der Waals surface area contributed by atoms with Crippen LogP contribution in [0.5, 0.6) is 0 Å². The van der Waals surface area contributed by atoms with Crippen LogP contribution < -0.4 is 10.6 Å². The lowest BCUT2D eigenvalue weighted by molar-refractivity contribution is -0.153. The molecule has 0 saturated carbocycles. The Balaban J connectivity index is 1.83. The minimum Gasteiger partial charge on any atom is -0.462 e. The van der Waals surface area contributed by atoms with Crippen LogP contribution >= 0.6 is 11.8 Å². The van der Waals surface area contributed by atoms with Gasteiger partial charge in [-0.15, -0.1) is 0 Å². The van der Waals surface area contributed by atoms with Crippen LogP contribution in [0.25, 0.3) is 0 Å². The fourth-order valence-electron chi connectivity index (χ4n) is 2.12. The van der Waals surface area contributed by atoms with Gasteiger partial charge in [-0.2, -0.15) is 11.8 Å². The molecule has 0 aliphatic carbocycles. The maximum Gasteiger partial charge on any atom is 0.323 e. The number of hydrogen-bond acceptors (Lipinski definition) is 5. The van der Waals surface area contributed by atoms with E-state index < -0.39 is 12.1 Å². The van der Waals surface area contributed by atoms with Crippen molar-refractivity contribution in [3.63, 3.8) is 0 Å². The number of carbonyl (C=O) groups excluding carboxylic acids is 2. The van der Waals surface area contributed by atoms with Gasteiger partial charge >= 0.3 is 5.97 Å². The van der Waals surface area contributed by atoms with E-state index in [0.717, 1.165) is 11.3 Å². The van der Waals surface area contributed by atoms with Gasteiger partial charge in [0.2, 0.25) is 5.91 Å². The number of esters is 1. The molecule has 0 bridgehead atoms. The molecular weight excluding hydrogens is 288 g/mol. The average Bonchev–Trinajstić information content (AvgIpc) is 2.53. The second-order valence-electron chi connectivity index (χ2n) is 4.89. The number of rotatable bonds is 6. The lowest BCUT2D eigenvalue weighted by atomic mass is 10.1. The van der Waals surface area contributed by atoms with Crippen molar-refractivity contribution in [1.29, 1.82) is 0 Å². The average molecular weight is 308 g/mol. The smallest absolute Gasteiger partial charge is 0.323 e. The lowest BCUT2D eigenvalue weighted by Crippen LogP contribution is -2.57. The zero-order valence-electron chi connectivity index (χ0n) is 12.0. The number of nitrogens with one attached hydrogen (secondary N) is 2. The van der Waals surface area contributed by atoms with Gasteiger partial charge in [0.05, 0.1) is 0 Å². The van der Waals surface area contributed by atoms with Crippen molar-refractivity contribution >= 4 is 23.6 Å². The van der Waals surface area contributed by atoms with Crippen LogP contribution in [0.2, 0.25) is 0 Å². The molecule has 2 atom stereocenters. The molecule has 0 aromatic heterocycles. The van der Waals surface area contributed by atoms with Gasteiger partial charge in [-0.1, -0.05) is 30.3 Å². The maximum atomic E-state index is 12.1. The number of hydrogen-bond donors (Lipinski definition) is 2. The summed E-state index contributed by atoms with van der Waals surface area (Å²) in [5.74, 6) is 0.446. The van der Waals surface area contributed by atoms with Crippen LogP contribution in [0.3, 0.4) is 0 Å². The van der Waals surface area contributed by atoms with Gasteiger partial charge in [-0.05, 0) is 24.0 Å². The summed E-state index contributed by atoms with van der Waals surface area (Å²) >= 11 is 1.67. The Morgan fingerprint density at radius 2 is 2.19 bits per heavy atom. The molecule has 2 rings (SSSR count). The highest BCUT2D eigenvalue weighted by Crippen LogP contribution is 2.09. The van der Waals surface area contributed by atoms with E-state index in [0.29, 0.717) is 13.0 Å². The van der Waals surface area contributed by atoms with Gasteiger partial charge in [0, 0.05) is 6.54 Å². The number of benzene rings is 1. The van der Waals surface area contributed by atoms with Crippen LogP contribution in [0.1, 0.15) is 12.0 Å². The highest BCUT2D eigenvalue weighted by atomic mass is 32.2. The second-order valence-corrected chi connectivity index (χ2v) is 5.87. The fourth-order valence-corrected chi connectivity index (χ4v) is 2.59. The molecule has 1 saturated heterocycles. The predicted molar refractivity (Wildman–Crippen MR) is 83.0 cm³/mol. The van der Waals surface area contributed by atoms with Crippen LogP contribution in [0, 0.1) is 0 Å². The quantitative estimate of drug-likeness (QED) is 0.766. The van der Waals surface area contributed by atoms with Gasteiger partial charge in [0.15, 0.2) is 0 Å². The van der Waals surface area contributed by atoms with E-state index in [9.17, 15) is 9.59 Å². The molecule has 1 amide bonds. The van der Waals surface area contributed by atoms with Gasteiger partial charge < -0.3 is 10.1 Å². The Kier molecular flexibility index (Phi) is 6.07.